The van der Waals surface area contributed by atoms with E-state index in [1.165, 1.54) is 12.1 Å². The van der Waals surface area contributed by atoms with Gasteiger partial charge in [0.15, 0.2) is 0 Å². The Labute approximate surface area is 234 Å². The lowest BCUT2D eigenvalue weighted by Gasteiger charge is -2.40. The van der Waals surface area contributed by atoms with Crippen LogP contribution >= 0.6 is 0 Å². The molecule has 11 nitrogen and oxygen atoms in total. The number of nitrogens with zero attached hydrogens (tertiary/aromatic N) is 4. The van der Waals surface area contributed by atoms with E-state index in [0.29, 0.717) is 43.2 Å². The Morgan fingerprint density at radius 3 is 2.45 bits per heavy atom. The SMILES string of the molecule is Cc1cc(F)c(N2CCN(CC3CCN(CCCNC=O)CC3)CC2)cc1C(=O)N(C=O)C1CCC(=O)NC1=O. The molecule has 2 N–H and O–H groups in total. The van der Waals surface area contributed by atoms with E-state index in [9.17, 15) is 24.0 Å². The fourth-order valence-electron chi connectivity index (χ4n) is 5.88. The normalized spacial score (nSPS) is 21.1. The van der Waals surface area contributed by atoms with Crippen LogP contribution in [-0.2, 0) is 19.2 Å². The fraction of sp³-hybridized carbons (Fsp3) is 0.607. The van der Waals surface area contributed by atoms with Crippen molar-refractivity contribution >= 4 is 36.2 Å². The maximum Gasteiger partial charge on any atom is 0.261 e. The van der Waals surface area contributed by atoms with Gasteiger partial charge >= 0.3 is 0 Å². The van der Waals surface area contributed by atoms with E-state index in [1.54, 1.807) is 6.92 Å². The van der Waals surface area contributed by atoms with E-state index in [0.717, 1.165) is 69.8 Å². The second-order valence-electron chi connectivity index (χ2n) is 10.9. The van der Waals surface area contributed by atoms with Gasteiger partial charge in [-0.1, -0.05) is 0 Å². The number of piperidine rings is 2. The van der Waals surface area contributed by atoms with Gasteiger partial charge in [-0.25, -0.2) is 4.39 Å². The zero-order valence-corrected chi connectivity index (χ0v) is 23.1. The third kappa shape index (κ3) is 7.22. The Hall–Kier alpha value is -3.38. The predicted octanol–water partition coefficient (Wildman–Crippen LogP) is 0.508. The number of nitrogens with one attached hydrogen (secondary N) is 2. The molecule has 3 fully saturated rings. The summed E-state index contributed by atoms with van der Waals surface area (Å²) in [4.78, 5) is 66.9. The molecule has 0 bridgehead atoms. The van der Waals surface area contributed by atoms with Gasteiger partial charge in [0.1, 0.15) is 11.9 Å². The van der Waals surface area contributed by atoms with Gasteiger partial charge in [-0.3, -0.25) is 39.1 Å². The highest BCUT2D eigenvalue weighted by molar-refractivity contribution is 6.07. The lowest BCUT2D eigenvalue weighted by molar-refractivity contribution is -0.139. The van der Waals surface area contributed by atoms with Gasteiger partial charge in [-0.15, -0.1) is 0 Å². The van der Waals surface area contributed by atoms with Gasteiger partial charge in [-0.2, -0.15) is 0 Å². The summed E-state index contributed by atoms with van der Waals surface area (Å²) in [5.41, 5.74) is 0.833. The quantitative estimate of drug-likeness (QED) is 0.229. The number of likely N-dealkylation sites (tertiary alicyclic amines) is 1. The molecular formula is C28H39FN6O5. The standard InChI is InChI=1S/C28H39FN6O5/c1-20-15-23(29)25(16-22(20)28(40)35(19-37)24-3-4-26(38)31-27(24)39)34-13-11-33(12-14-34)17-21-5-9-32(10-6-21)8-2-7-30-18-36/h15-16,18-19,21,24H,2-14,17H2,1H3,(H,30,36)(H,31,38,39). The van der Waals surface area contributed by atoms with E-state index < -0.39 is 29.6 Å². The molecule has 3 saturated heterocycles. The first-order valence-corrected chi connectivity index (χ1v) is 14.1. The van der Waals surface area contributed by atoms with Gasteiger partial charge < -0.3 is 15.1 Å². The van der Waals surface area contributed by atoms with E-state index >= 15 is 4.39 Å². The number of benzene rings is 1. The number of hydrogen-bond donors (Lipinski definition) is 2. The van der Waals surface area contributed by atoms with E-state index in [2.05, 4.69) is 20.4 Å². The third-order valence-corrected chi connectivity index (χ3v) is 8.23. The number of piperazine rings is 1. The molecule has 5 amide bonds. The van der Waals surface area contributed by atoms with Gasteiger partial charge in [0, 0.05) is 51.3 Å². The van der Waals surface area contributed by atoms with Crippen molar-refractivity contribution in [3.05, 3.63) is 29.1 Å². The minimum absolute atomic E-state index is 0.0330. The molecule has 3 aliphatic rings. The number of rotatable bonds is 11. The second kappa shape index (κ2) is 13.8. The molecule has 4 rings (SSSR count). The topological polar surface area (TPSA) is 122 Å². The van der Waals surface area contributed by atoms with E-state index in [-0.39, 0.29) is 18.4 Å². The first kappa shape index (κ1) is 29.6. The van der Waals surface area contributed by atoms with E-state index in [1.807, 2.05) is 4.90 Å². The number of carbonyl (C=O) groups is 5. The molecule has 40 heavy (non-hydrogen) atoms. The minimum atomic E-state index is -1.08. The first-order valence-electron chi connectivity index (χ1n) is 14.1. The summed E-state index contributed by atoms with van der Waals surface area (Å²) in [7, 11) is 0. The number of hydrogen-bond acceptors (Lipinski definition) is 8. The molecule has 1 unspecified atom stereocenters. The predicted molar refractivity (Wildman–Crippen MR) is 146 cm³/mol. The van der Waals surface area contributed by atoms with Gasteiger partial charge in [-0.05, 0) is 75.9 Å². The van der Waals surface area contributed by atoms with Crippen molar-refractivity contribution in [3.63, 3.8) is 0 Å². The maximum absolute atomic E-state index is 15.1. The van der Waals surface area contributed by atoms with Crippen LogP contribution in [0.3, 0.4) is 0 Å². The third-order valence-electron chi connectivity index (χ3n) is 8.23. The van der Waals surface area contributed by atoms with Crippen LogP contribution in [-0.4, -0.2) is 110 Å². The molecule has 0 spiro atoms. The molecule has 1 aromatic rings. The molecule has 218 valence electrons. The molecule has 3 heterocycles. The van der Waals surface area contributed by atoms with Crippen LogP contribution in [0, 0.1) is 18.7 Å². The molecule has 3 aliphatic heterocycles. The highest BCUT2D eigenvalue weighted by Crippen LogP contribution is 2.27. The Morgan fingerprint density at radius 1 is 1.07 bits per heavy atom. The summed E-state index contributed by atoms with van der Waals surface area (Å²) >= 11 is 0. The number of anilines is 1. The second-order valence-corrected chi connectivity index (χ2v) is 10.9. The highest BCUT2D eigenvalue weighted by Gasteiger charge is 2.36. The molecular weight excluding hydrogens is 519 g/mol. The lowest BCUT2D eigenvalue weighted by atomic mass is 9.95. The van der Waals surface area contributed by atoms with Crippen molar-refractivity contribution in [2.24, 2.45) is 5.92 Å². The number of amides is 5. The summed E-state index contributed by atoms with van der Waals surface area (Å²) in [5.74, 6) is -1.63. The molecule has 1 aromatic carbocycles. The van der Waals surface area contributed by atoms with Crippen LogP contribution in [0.4, 0.5) is 10.1 Å². The fourth-order valence-corrected chi connectivity index (χ4v) is 5.88. The molecule has 1 atom stereocenters. The van der Waals surface area contributed by atoms with Gasteiger partial charge in [0.2, 0.25) is 24.6 Å². The van der Waals surface area contributed by atoms with Crippen LogP contribution in [0.1, 0.15) is 48.0 Å². The minimum Gasteiger partial charge on any atom is -0.367 e. The van der Waals surface area contributed by atoms with Crippen LogP contribution in [0.15, 0.2) is 12.1 Å². The summed E-state index contributed by atoms with van der Waals surface area (Å²) in [6.07, 6.45) is 4.37. The van der Waals surface area contributed by atoms with Crippen molar-refractivity contribution in [2.75, 3.05) is 63.8 Å². The number of imide groups is 2. The van der Waals surface area contributed by atoms with Crippen molar-refractivity contribution in [3.8, 4) is 0 Å². The summed E-state index contributed by atoms with van der Waals surface area (Å²) in [6, 6.07) is 1.70. The summed E-state index contributed by atoms with van der Waals surface area (Å²) in [6.45, 7) is 9.23. The smallest absolute Gasteiger partial charge is 0.261 e. The van der Waals surface area contributed by atoms with Crippen molar-refractivity contribution in [1.29, 1.82) is 0 Å². The van der Waals surface area contributed by atoms with Crippen molar-refractivity contribution in [2.45, 2.75) is 45.1 Å². The lowest BCUT2D eigenvalue weighted by Crippen LogP contribution is -2.54. The van der Waals surface area contributed by atoms with Crippen LogP contribution < -0.4 is 15.5 Å². The van der Waals surface area contributed by atoms with Crippen LogP contribution in [0.25, 0.3) is 0 Å². The average Bonchev–Trinajstić information content (AvgIpc) is 2.94. The molecule has 0 aromatic heterocycles. The molecule has 12 heteroatoms. The molecule has 0 radical (unpaired) electrons. The first-order chi connectivity index (χ1) is 19.3. The number of carbonyl (C=O) groups excluding carboxylic acids is 5. The monoisotopic (exact) mass is 558 g/mol. The summed E-state index contributed by atoms with van der Waals surface area (Å²) in [5, 5.41) is 4.87. The number of aryl methyl sites for hydroxylation is 1. The largest absolute Gasteiger partial charge is 0.367 e. The Kier molecular flexibility index (Phi) is 10.2. The number of halogens is 1. The van der Waals surface area contributed by atoms with Crippen molar-refractivity contribution in [1.82, 2.24) is 25.3 Å². The zero-order chi connectivity index (χ0) is 28.6. The Balaban J connectivity index is 1.32. The highest BCUT2D eigenvalue weighted by atomic mass is 19.1. The van der Waals surface area contributed by atoms with Crippen LogP contribution in [0.2, 0.25) is 0 Å². The Morgan fingerprint density at radius 2 is 1.80 bits per heavy atom. The molecule has 0 saturated carbocycles. The summed E-state index contributed by atoms with van der Waals surface area (Å²) < 4.78 is 15.1. The van der Waals surface area contributed by atoms with Gasteiger partial charge in [0.05, 0.1) is 5.69 Å². The zero-order valence-electron chi connectivity index (χ0n) is 23.1. The maximum atomic E-state index is 15.1. The van der Waals surface area contributed by atoms with E-state index in [4.69, 9.17) is 0 Å². The van der Waals surface area contributed by atoms with Crippen molar-refractivity contribution < 1.29 is 28.4 Å². The average molecular weight is 559 g/mol. The van der Waals surface area contributed by atoms with Gasteiger partial charge in [0.25, 0.3) is 5.91 Å². The van der Waals surface area contributed by atoms with Crippen LogP contribution in [0.5, 0.6) is 0 Å². The Bertz CT molecular complexity index is 1100. The molecule has 0 aliphatic carbocycles.